The van der Waals surface area contributed by atoms with Crippen molar-refractivity contribution in [1.82, 2.24) is 5.32 Å². The number of benzene rings is 1. The Kier molecular flexibility index (Phi) is 5.12. The van der Waals surface area contributed by atoms with Crippen LogP contribution < -0.4 is 14.8 Å². The van der Waals surface area contributed by atoms with E-state index in [2.05, 4.69) is 5.32 Å². The summed E-state index contributed by atoms with van der Waals surface area (Å²) in [5.41, 5.74) is 0.503. The molecule has 1 aliphatic carbocycles. The van der Waals surface area contributed by atoms with Crippen LogP contribution in [0.1, 0.15) is 36.0 Å². The number of rotatable bonds is 4. The number of carbonyl (C=O) groups is 1. The number of nitrogens with one attached hydrogen (secondary N) is 1. The van der Waals surface area contributed by atoms with Crippen molar-refractivity contribution in [3.8, 4) is 11.5 Å². The van der Waals surface area contributed by atoms with E-state index >= 15 is 0 Å². The molecule has 110 valence electrons. The third-order valence-electron chi connectivity index (χ3n) is 3.65. The van der Waals surface area contributed by atoms with E-state index in [4.69, 9.17) is 21.1 Å². The van der Waals surface area contributed by atoms with Crippen molar-refractivity contribution in [3.63, 3.8) is 0 Å². The maximum absolute atomic E-state index is 12.3. The number of halogens is 1. The zero-order chi connectivity index (χ0) is 14.5. The van der Waals surface area contributed by atoms with Gasteiger partial charge in [-0.05, 0) is 25.0 Å². The number of methoxy groups -OCH3 is 2. The summed E-state index contributed by atoms with van der Waals surface area (Å²) in [5.74, 6) is 1.01. The summed E-state index contributed by atoms with van der Waals surface area (Å²) >= 11 is 6.27. The molecule has 0 heterocycles. The first-order chi connectivity index (χ1) is 9.65. The number of hydrogen-bond acceptors (Lipinski definition) is 3. The van der Waals surface area contributed by atoms with E-state index in [0.717, 1.165) is 25.7 Å². The Hall–Kier alpha value is -1.42. The molecular weight excluding hydrogens is 278 g/mol. The van der Waals surface area contributed by atoms with Gasteiger partial charge in [-0.2, -0.15) is 0 Å². The van der Waals surface area contributed by atoms with Crippen LogP contribution in [-0.4, -0.2) is 31.5 Å². The predicted molar refractivity (Wildman–Crippen MR) is 78.9 cm³/mol. The number of carbonyl (C=O) groups excluding carboxylic acids is 1. The lowest BCUT2D eigenvalue weighted by Gasteiger charge is -2.28. The molecule has 1 N–H and O–H groups in total. The van der Waals surface area contributed by atoms with Crippen LogP contribution in [0.25, 0.3) is 0 Å². The zero-order valence-electron chi connectivity index (χ0n) is 11.8. The predicted octanol–water partition coefficient (Wildman–Crippen LogP) is 2.98. The molecular formula is C15H20ClNO3. The van der Waals surface area contributed by atoms with E-state index < -0.39 is 0 Å². The van der Waals surface area contributed by atoms with Gasteiger partial charge in [0, 0.05) is 12.1 Å². The summed E-state index contributed by atoms with van der Waals surface area (Å²) in [6.45, 7) is 0. The Balaban J connectivity index is 2.12. The van der Waals surface area contributed by atoms with Crippen LogP contribution in [-0.2, 0) is 0 Å². The minimum Gasteiger partial charge on any atom is -0.497 e. The summed E-state index contributed by atoms with van der Waals surface area (Å²) < 4.78 is 10.4. The van der Waals surface area contributed by atoms with Gasteiger partial charge in [0.15, 0.2) is 0 Å². The maximum atomic E-state index is 12.3. The summed E-state index contributed by atoms with van der Waals surface area (Å²) in [6.07, 6.45) is 4.12. The molecule has 1 amide bonds. The molecule has 5 heteroatoms. The Morgan fingerprint density at radius 1 is 1.25 bits per heavy atom. The van der Waals surface area contributed by atoms with Crippen molar-refractivity contribution in [2.24, 2.45) is 0 Å². The van der Waals surface area contributed by atoms with Gasteiger partial charge in [-0.25, -0.2) is 0 Å². The van der Waals surface area contributed by atoms with Crippen molar-refractivity contribution < 1.29 is 14.3 Å². The van der Waals surface area contributed by atoms with Crippen molar-refractivity contribution in [2.75, 3.05) is 14.2 Å². The lowest BCUT2D eigenvalue weighted by atomic mass is 9.94. The van der Waals surface area contributed by atoms with E-state index in [0.29, 0.717) is 17.1 Å². The van der Waals surface area contributed by atoms with Gasteiger partial charge in [-0.15, -0.1) is 11.6 Å². The van der Waals surface area contributed by atoms with Crippen LogP contribution in [0.2, 0.25) is 0 Å². The molecule has 0 bridgehead atoms. The first-order valence-corrected chi connectivity index (χ1v) is 7.26. The van der Waals surface area contributed by atoms with E-state index in [1.165, 1.54) is 7.11 Å². The van der Waals surface area contributed by atoms with Crippen LogP contribution in [0, 0.1) is 0 Å². The van der Waals surface area contributed by atoms with Gasteiger partial charge in [0.1, 0.15) is 11.5 Å². The number of amides is 1. The second-order valence-corrected chi connectivity index (χ2v) is 5.51. The third-order valence-corrected chi connectivity index (χ3v) is 4.17. The first-order valence-electron chi connectivity index (χ1n) is 6.82. The summed E-state index contributed by atoms with van der Waals surface area (Å²) in [5, 5.41) is 3.02. The fourth-order valence-corrected chi connectivity index (χ4v) is 2.82. The second-order valence-electron chi connectivity index (χ2n) is 4.95. The average Bonchev–Trinajstić information content (AvgIpc) is 2.48. The normalized spacial score (nSPS) is 22.1. The Morgan fingerprint density at radius 3 is 2.65 bits per heavy atom. The molecule has 20 heavy (non-hydrogen) atoms. The van der Waals surface area contributed by atoms with Gasteiger partial charge in [0.2, 0.25) is 0 Å². The van der Waals surface area contributed by atoms with Crippen LogP contribution >= 0.6 is 11.6 Å². The summed E-state index contributed by atoms with van der Waals surface area (Å²) in [6, 6.07) is 5.19. The summed E-state index contributed by atoms with van der Waals surface area (Å²) in [7, 11) is 3.12. The van der Waals surface area contributed by atoms with E-state index in [-0.39, 0.29) is 17.3 Å². The molecule has 1 aliphatic rings. The molecule has 0 aromatic heterocycles. The highest BCUT2D eigenvalue weighted by atomic mass is 35.5. The van der Waals surface area contributed by atoms with Crippen LogP contribution in [0.4, 0.5) is 0 Å². The number of alkyl halides is 1. The molecule has 2 unspecified atom stereocenters. The van der Waals surface area contributed by atoms with Gasteiger partial charge >= 0.3 is 0 Å². The van der Waals surface area contributed by atoms with Gasteiger partial charge < -0.3 is 14.8 Å². The van der Waals surface area contributed by atoms with E-state index in [9.17, 15) is 4.79 Å². The van der Waals surface area contributed by atoms with Crippen molar-refractivity contribution in [1.29, 1.82) is 0 Å². The molecule has 1 aromatic rings. The number of hydrogen-bond donors (Lipinski definition) is 1. The molecule has 0 spiro atoms. The van der Waals surface area contributed by atoms with Crippen molar-refractivity contribution >= 4 is 17.5 Å². The topological polar surface area (TPSA) is 47.6 Å². The average molecular weight is 298 g/mol. The zero-order valence-corrected chi connectivity index (χ0v) is 12.6. The van der Waals surface area contributed by atoms with Gasteiger partial charge in [0.05, 0.1) is 25.2 Å². The van der Waals surface area contributed by atoms with Crippen molar-refractivity contribution in [2.45, 2.75) is 37.1 Å². The molecule has 1 fully saturated rings. The molecule has 1 aromatic carbocycles. The highest BCUT2D eigenvalue weighted by molar-refractivity contribution is 6.21. The lowest BCUT2D eigenvalue weighted by molar-refractivity contribution is 0.0925. The molecule has 1 saturated carbocycles. The highest BCUT2D eigenvalue weighted by Gasteiger charge is 2.26. The monoisotopic (exact) mass is 297 g/mol. The highest BCUT2D eigenvalue weighted by Crippen LogP contribution is 2.26. The first kappa shape index (κ1) is 15.0. The van der Waals surface area contributed by atoms with Gasteiger partial charge in [-0.1, -0.05) is 12.8 Å². The van der Waals surface area contributed by atoms with Gasteiger partial charge in [-0.3, -0.25) is 4.79 Å². The SMILES string of the molecule is COc1ccc(C(=O)NC2CCCCC2Cl)c(OC)c1. The summed E-state index contributed by atoms with van der Waals surface area (Å²) in [4.78, 5) is 12.3. The quantitative estimate of drug-likeness (QED) is 0.869. The van der Waals surface area contributed by atoms with Crippen LogP contribution in [0.15, 0.2) is 18.2 Å². The third kappa shape index (κ3) is 3.37. The largest absolute Gasteiger partial charge is 0.497 e. The smallest absolute Gasteiger partial charge is 0.255 e. The Morgan fingerprint density at radius 2 is 2.00 bits per heavy atom. The van der Waals surface area contributed by atoms with Crippen molar-refractivity contribution in [3.05, 3.63) is 23.8 Å². The molecule has 4 nitrogen and oxygen atoms in total. The minimum absolute atomic E-state index is 0.0111. The molecule has 2 atom stereocenters. The van der Waals surface area contributed by atoms with E-state index in [1.807, 2.05) is 0 Å². The standard InChI is InChI=1S/C15H20ClNO3/c1-19-10-7-8-11(14(9-10)20-2)15(18)17-13-6-4-3-5-12(13)16/h7-9,12-13H,3-6H2,1-2H3,(H,17,18). The van der Waals surface area contributed by atoms with E-state index in [1.54, 1.807) is 25.3 Å². The maximum Gasteiger partial charge on any atom is 0.255 e. The molecule has 2 rings (SSSR count). The minimum atomic E-state index is -0.151. The fourth-order valence-electron chi connectivity index (χ4n) is 2.48. The van der Waals surface area contributed by atoms with Crippen LogP contribution in [0.5, 0.6) is 11.5 Å². The fraction of sp³-hybridized carbons (Fsp3) is 0.533. The molecule has 0 radical (unpaired) electrons. The van der Waals surface area contributed by atoms with Crippen LogP contribution in [0.3, 0.4) is 0 Å². The lowest BCUT2D eigenvalue weighted by Crippen LogP contribution is -2.42. The Bertz CT molecular complexity index is 478. The number of ether oxygens (including phenoxy) is 2. The Labute approximate surface area is 124 Å². The second kappa shape index (κ2) is 6.84. The van der Waals surface area contributed by atoms with Gasteiger partial charge in [0.25, 0.3) is 5.91 Å². The molecule has 0 saturated heterocycles. The molecule has 0 aliphatic heterocycles.